The van der Waals surface area contributed by atoms with Crippen LogP contribution in [0.25, 0.3) is 0 Å². The average Bonchev–Trinajstić information content (AvgIpc) is 2.33. The molecule has 0 fully saturated rings. The van der Waals surface area contributed by atoms with E-state index in [1.54, 1.807) is 0 Å². The SMILES string of the molecule is CCO[C](=[Cr])CC1C=CC=CC=C1. The van der Waals surface area contributed by atoms with Gasteiger partial charge in [-0.05, 0) is 0 Å². The maximum absolute atomic E-state index is 5.36. The van der Waals surface area contributed by atoms with E-state index >= 15 is 0 Å². The van der Waals surface area contributed by atoms with Crippen LogP contribution in [0.2, 0.25) is 0 Å². The number of hydrogen-bond acceptors (Lipinski definition) is 1. The fourth-order valence-electron chi connectivity index (χ4n) is 1.15. The maximum atomic E-state index is 5.36. The Morgan fingerprint density at radius 1 is 1.23 bits per heavy atom. The summed E-state index contributed by atoms with van der Waals surface area (Å²) < 4.78 is 6.35. The summed E-state index contributed by atoms with van der Waals surface area (Å²) in [5, 5.41) is 0. The quantitative estimate of drug-likeness (QED) is 0.698. The monoisotopic (exact) mass is 214 g/mol. The van der Waals surface area contributed by atoms with Crippen molar-refractivity contribution in [3.05, 3.63) is 36.5 Å². The van der Waals surface area contributed by atoms with Crippen molar-refractivity contribution in [2.45, 2.75) is 13.3 Å². The Kier molecular flexibility index (Phi) is 5.00. The number of ether oxygens (including phenoxy) is 1. The average molecular weight is 214 g/mol. The summed E-state index contributed by atoms with van der Waals surface area (Å²) in [5.74, 6) is 0.456. The molecule has 0 atom stereocenters. The summed E-state index contributed by atoms with van der Waals surface area (Å²) in [5.41, 5.74) is 0. The second-order valence-corrected chi connectivity index (χ2v) is 3.54. The molecule has 0 aromatic rings. The minimum absolute atomic E-state index is 0.456. The van der Waals surface area contributed by atoms with E-state index in [0.29, 0.717) is 5.92 Å². The van der Waals surface area contributed by atoms with E-state index in [1.807, 2.05) is 19.1 Å². The van der Waals surface area contributed by atoms with E-state index in [9.17, 15) is 0 Å². The number of allylic oxidation sites excluding steroid dienone is 6. The van der Waals surface area contributed by atoms with Gasteiger partial charge in [-0.1, -0.05) is 0 Å². The Bertz CT molecular complexity index is 235. The zero-order chi connectivity index (χ0) is 9.52. The molecule has 0 heterocycles. The Labute approximate surface area is 87.8 Å². The van der Waals surface area contributed by atoms with Crippen molar-refractivity contribution in [3.8, 4) is 0 Å². The molecule has 2 heteroatoms. The fourth-order valence-corrected chi connectivity index (χ4v) is 1.64. The van der Waals surface area contributed by atoms with Crippen LogP contribution in [0.5, 0.6) is 0 Å². The first-order valence-electron chi connectivity index (χ1n) is 4.50. The van der Waals surface area contributed by atoms with Crippen molar-refractivity contribution in [3.63, 3.8) is 0 Å². The van der Waals surface area contributed by atoms with E-state index in [-0.39, 0.29) is 0 Å². The van der Waals surface area contributed by atoms with Gasteiger partial charge in [0.2, 0.25) is 0 Å². The predicted octanol–water partition coefficient (Wildman–Crippen LogP) is 2.39. The van der Waals surface area contributed by atoms with Crippen molar-refractivity contribution in [2.24, 2.45) is 5.92 Å². The Balaban J connectivity index is 2.40. The van der Waals surface area contributed by atoms with Crippen LogP contribution >= 0.6 is 0 Å². The van der Waals surface area contributed by atoms with Gasteiger partial charge in [0.1, 0.15) is 0 Å². The second kappa shape index (κ2) is 6.10. The molecule has 1 aliphatic rings. The Morgan fingerprint density at radius 3 is 2.38 bits per heavy atom. The normalized spacial score (nSPS) is 16.1. The van der Waals surface area contributed by atoms with Crippen molar-refractivity contribution in [2.75, 3.05) is 6.61 Å². The predicted molar refractivity (Wildman–Crippen MR) is 52.2 cm³/mol. The van der Waals surface area contributed by atoms with E-state index in [4.69, 9.17) is 4.74 Å². The molecule has 0 aliphatic heterocycles. The van der Waals surface area contributed by atoms with Crippen LogP contribution < -0.4 is 0 Å². The molecule has 0 radical (unpaired) electrons. The molecule has 0 spiro atoms. The first-order chi connectivity index (χ1) is 6.33. The molecular weight excluding hydrogens is 200 g/mol. The van der Waals surface area contributed by atoms with E-state index in [1.165, 1.54) is 0 Å². The van der Waals surface area contributed by atoms with Gasteiger partial charge >= 0.3 is 87.5 Å². The molecule has 0 unspecified atom stereocenters. The molecule has 1 nitrogen and oxygen atoms in total. The van der Waals surface area contributed by atoms with Gasteiger partial charge in [0.15, 0.2) is 0 Å². The van der Waals surface area contributed by atoms with Crippen molar-refractivity contribution >= 4 is 4.57 Å². The summed E-state index contributed by atoms with van der Waals surface area (Å²) in [7, 11) is 0. The third-order valence-corrected chi connectivity index (χ3v) is 2.20. The first kappa shape index (κ1) is 10.7. The summed E-state index contributed by atoms with van der Waals surface area (Å²) in [6.07, 6.45) is 13.5. The molecule has 1 rings (SSSR count). The molecule has 0 bridgehead atoms. The number of rotatable bonds is 4. The van der Waals surface area contributed by atoms with Crippen molar-refractivity contribution in [1.29, 1.82) is 0 Å². The molecule has 70 valence electrons. The first-order valence-corrected chi connectivity index (χ1v) is 5.14. The third-order valence-electron chi connectivity index (χ3n) is 1.76. The summed E-state index contributed by atoms with van der Waals surface area (Å²) in [6, 6.07) is 0. The van der Waals surface area contributed by atoms with Gasteiger partial charge < -0.3 is 0 Å². The van der Waals surface area contributed by atoms with Crippen LogP contribution in [-0.2, 0) is 20.6 Å². The van der Waals surface area contributed by atoms with Crippen LogP contribution in [0.1, 0.15) is 13.3 Å². The Hall–Kier alpha value is -0.418. The van der Waals surface area contributed by atoms with Crippen LogP contribution in [0.4, 0.5) is 0 Å². The molecule has 13 heavy (non-hydrogen) atoms. The molecule has 0 saturated carbocycles. The molecule has 0 aromatic carbocycles. The fraction of sp³-hybridized carbons (Fsp3) is 0.364. The minimum atomic E-state index is 0.456. The van der Waals surface area contributed by atoms with Crippen LogP contribution in [0.15, 0.2) is 36.5 Å². The van der Waals surface area contributed by atoms with E-state index < -0.39 is 0 Å². The molecule has 0 aromatic heterocycles. The van der Waals surface area contributed by atoms with Crippen molar-refractivity contribution < 1.29 is 20.6 Å². The van der Waals surface area contributed by atoms with Gasteiger partial charge in [0.25, 0.3) is 0 Å². The molecule has 0 N–H and O–H groups in total. The van der Waals surface area contributed by atoms with Gasteiger partial charge in [0.05, 0.1) is 0 Å². The van der Waals surface area contributed by atoms with E-state index in [0.717, 1.165) is 17.6 Å². The zero-order valence-corrected chi connectivity index (χ0v) is 9.05. The van der Waals surface area contributed by atoms with Gasteiger partial charge in [-0.2, -0.15) is 0 Å². The second-order valence-electron chi connectivity index (χ2n) is 2.83. The van der Waals surface area contributed by atoms with Gasteiger partial charge in [-0.15, -0.1) is 0 Å². The summed E-state index contributed by atoms with van der Waals surface area (Å²) >= 11 is 2.95. The van der Waals surface area contributed by atoms with Gasteiger partial charge in [-0.25, -0.2) is 0 Å². The molecule has 0 amide bonds. The molecular formula is C11H14CrO. The number of hydrogen-bond donors (Lipinski definition) is 0. The molecule has 0 saturated heterocycles. The third kappa shape index (κ3) is 4.38. The van der Waals surface area contributed by atoms with Crippen LogP contribution in [0, 0.1) is 5.92 Å². The summed E-state index contributed by atoms with van der Waals surface area (Å²) in [4.78, 5) is 0. The topological polar surface area (TPSA) is 9.23 Å². The van der Waals surface area contributed by atoms with Crippen molar-refractivity contribution in [1.82, 2.24) is 0 Å². The van der Waals surface area contributed by atoms with Crippen LogP contribution in [0.3, 0.4) is 0 Å². The zero-order valence-electron chi connectivity index (χ0n) is 7.77. The van der Waals surface area contributed by atoms with Crippen LogP contribution in [-0.4, -0.2) is 11.2 Å². The standard InChI is InChI=1S/C11H14O.Cr/c1-2-12-10-9-11-7-5-3-4-6-8-11;/h3-8,11H,2,9H2,1H3;. The van der Waals surface area contributed by atoms with Gasteiger partial charge in [0, 0.05) is 0 Å². The van der Waals surface area contributed by atoms with E-state index in [2.05, 4.69) is 40.2 Å². The Morgan fingerprint density at radius 2 is 1.85 bits per heavy atom. The molecule has 1 aliphatic carbocycles. The van der Waals surface area contributed by atoms with Gasteiger partial charge in [-0.3, -0.25) is 0 Å². The summed E-state index contributed by atoms with van der Waals surface area (Å²) in [6.45, 7) is 2.73.